The van der Waals surface area contributed by atoms with Gasteiger partial charge < -0.3 is 5.32 Å². The summed E-state index contributed by atoms with van der Waals surface area (Å²) in [6.07, 6.45) is 0. The minimum atomic E-state index is 0.577. The fourth-order valence-corrected chi connectivity index (χ4v) is 1.91. The summed E-state index contributed by atoms with van der Waals surface area (Å²) in [7, 11) is 0. The first-order valence-electron chi connectivity index (χ1n) is 4.29. The van der Waals surface area contributed by atoms with Crippen LogP contribution in [0, 0.1) is 5.92 Å². The van der Waals surface area contributed by atoms with Gasteiger partial charge in [0.1, 0.15) is 0 Å². The molecule has 2 nitrogen and oxygen atoms in total. The van der Waals surface area contributed by atoms with Crippen molar-refractivity contribution >= 4 is 12.8 Å². The summed E-state index contributed by atoms with van der Waals surface area (Å²) in [5.74, 6) is 0.701. The van der Waals surface area contributed by atoms with Crippen molar-refractivity contribution in [2.24, 2.45) is 5.92 Å². The number of hydrogen-bond donors (Lipinski definition) is 2. The molecule has 1 fully saturated rings. The van der Waals surface area contributed by atoms with E-state index in [2.05, 4.69) is 43.2 Å². The summed E-state index contributed by atoms with van der Waals surface area (Å²) in [6.45, 7) is 8.81. The van der Waals surface area contributed by atoms with Crippen LogP contribution in [0.3, 0.4) is 0 Å². The summed E-state index contributed by atoms with van der Waals surface area (Å²) in [6, 6.07) is 1.19. The SMILES string of the molecule is CC(C)[C@@H]1CN(S)C[C@H](C)N1. The predicted molar refractivity (Wildman–Crippen MR) is 51.8 cm³/mol. The maximum atomic E-state index is 4.37. The van der Waals surface area contributed by atoms with E-state index in [9.17, 15) is 0 Å². The first-order valence-corrected chi connectivity index (χ1v) is 4.69. The summed E-state index contributed by atoms with van der Waals surface area (Å²) in [4.78, 5) is 0. The van der Waals surface area contributed by atoms with Crippen LogP contribution in [0.2, 0.25) is 0 Å². The molecule has 0 spiro atoms. The Morgan fingerprint density at radius 3 is 2.55 bits per heavy atom. The molecule has 66 valence electrons. The maximum Gasteiger partial charge on any atom is 0.0244 e. The lowest BCUT2D eigenvalue weighted by atomic mass is 10.0. The Balaban J connectivity index is 2.43. The number of thiol groups is 1. The van der Waals surface area contributed by atoms with Crippen molar-refractivity contribution in [3.63, 3.8) is 0 Å². The highest BCUT2D eigenvalue weighted by atomic mass is 32.1. The highest BCUT2D eigenvalue weighted by molar-refractivity contribution is 7.77. The van der Waals surface area contributed by atoms with Gasteiger partial charge in [0.15, 0.2) is 0 Å². The Labute approximate surface area is 74.9 Å². The molecule has 0 radical (unpaired) electrons. The molecule has 2 atom stereocenters. The van der Waals surface area contributed by atoms with Gasteiger partial charge in [0.05, 0.1) is 0 Å². The van der Waals surface area contributed by atoms with Crippen molar-refractivity contribution in [2.45, 2.75) is 32.9 Å². The molecule has 0 amide bonds. The topological polar surface area (TPSA) is 15.3 Å². The van der Waals surface area contributed by atoms with Gasteiger partial charge in [0, 0.05) is 25.2 Å². The van der Waals surface area contributed by atoms with Crippen molar-refractivity contribution in [3.8, 4) is 0 Å². The third-order valence-electron chi connectivity index (χ3n) is 2.20. The largest absolute Gasteiger partial charge is 0.309 e. The average Bonchev–Trinajstić information content (AvgIpc) is 1.85. The minimum Gasteiger partial charge on any atom is -0.309 e. The molecular weight excluding hydrogens is 156 g/mol. The molecule has 1 saturated heterocycles. The average molecular weight is 174 g/mol. The van der Waals surface area contributed by atoms with Gasteiger partial charge >= 0.3 is 0 Å². The van der Waals surface area contributed by atoms with Crippen molar-refractivity contribution < 1.29 is 0 Å². The predicted octanol–water partition coefficient (Wildman–Crippen LogP) is 1.15. The lowest BCUT2D eigenvalue weighted by molar-refractivity contribution is 0.231. The van der Waals surface area contributed by atoms with E-state index >= 15 is 0 Å². The van der Waals surface area contributed by atoms with Crippen LogP contribution in [-0.4, -0.2) is 29.5 Å². The molecule has 1 aliphatic rings. The molecule has 0 aromatic carbocycles. The van der Waals surface area contributed by atoms with E-state index in [1.54, 1.807) is 0 Å². The summed E-state index contributed by atoms with van der Waals surface area (Å²) in [5.41, 5.74) is 0. The Bertz CT molecular complexity index is 117. The lowest BCUT2D eigenvalue weighted by Crippen LogP contribution is -2.54. The first kappa shape index (κ1) is 9.36. The molecule has 11 heavy (non-hydrogen) atoms. The monoisotopic (exact) mass is 174 g/mol. The van der Waals surface area contributed by atoms with Crippen LogP contribution in [-0.2, 0) is 0 Å². The molecule has 0 unspecified atom stereocenters. The van der Waals surface area contributed by atoms with Crippen LogP contribution in [0.15, 0.2) is 0 Å². The number of nitrogens with zero attached hydrogens (tertiary/aromatic N) is 1. The summed E-state index contributed by atoms with van der Waals surface area (Å²) >= 11 is 4.37. The van der Waals surface area contributed by atoms with E-state index < -0.39 is 0 Å². The standard InChI is InChI=1S/C8H18N2S/c1-6(2)8-5-10(11)4-7(3)9-8/h6-9,11H,4-5H2,1-3H3/t7-,8-/m0/s1. The highest BCUT2D eigenvalue weighted by Crippen LogP contribution is 2.12. The molecule has 0 aliphatic carbocycles. The van der Waals surface area contributed by atoms with Gasteiger partial charge in [-0.25, -0.2) is 0 Å². The van der Waals surface area contributed by atoms with Gasteiger partial charge in [0.25, 0.3) is 0 Å². The van der Waals surface area contributed by atoms with Gasteiger partial charge in [-0.2, -0.15) is 0 Å². The van der Waals surface area contributed by atoms with E-state index in [0.717, 1.165) is 13.1 Å². The fraction of sp³-hybridized carbons (Fsp3) is 1.00. The Morgan fingerprint density at radius 2 is 2.09 bits per heavy atom. The summed E-state index contributed by atoms with van der Waals surface area (Å²) < 4.78 is 2.10. The normalized spacial score (nSPS) is 34.6. The van der Waals surface area contributed by atoms with Gasteiger partial charge in [-0.3, -0.25) is 4.31 Å². The van der Waals surface area contributed by atoms with Crippen molar-refractivity contribution in [1.82, 2.24) is 9.62 Å². The van der Waals surface area contributed by atoms with Gasteiger partial charge in [-0.1, -0.05) is 26.7 Å². The van der Waals surface area contributed by atoms with Crippen LogP contribution >= 0.6 is 12.8 Å². The second-order valence-electron chi connectivity index (χ2n) is 3.79. The minimum absolute atomic E-state index is 0.577. The lowest BCUT2D eigenvalue weighted by Gasteiger charge is -2.36. The Morgan fingerprint density at radius 1 is 1.45 bits per heavy atom. The molecule has 1 heterocycles. The number of piperazine rings is 1. The van der Waals surface area contributed by atoms with E-state index in [1.165, 1.54) is 0 Å². The van der Waals surface area contributed by atoms with Crippen molar-refractivity contribution in [2.75, 3.05) is 13.1 Å². The fourth-order valence-electron chi connectivity index (χ4n) is 1.49. The van der Waals surface area contributed by atoms with E-state index in [1.807, 2.05) is 0 Å². The third-order valence-corrected chi connectivity index (χ3v) is 2.52. The molecule has 1 aliphatic heterocycles. The molecule has 0 saturated carbocycles. The molecule has 1 N–H and O–H groups in total. The quantitative estimate of drug-likeness (QED) is 0.580. The zero-order valence-electron chi connectivity index (χ0n) is 7.54. The van der Waals surface area contributed by atoms with Crippen LogP contribution in [0.1, 0.15) is 20.8 Å². The van der Waals surface area contributed by atoms with Crippen LogP contribution in [0.25, 0.3) is 0 Å². The van der Waals surface area contributed by atoms with Crippen LogP contribution in [0.5, 0.6) is 0 Å². The smallest absolute Gasteiger partial charge is 0.0244 e. The summed E-state index contributed by atoms with van der Waals surface area (Å²) in [5, 5.41) is 3.56. The van der Waals surface area contributed by atoms with E-state index in [4.69, 9.17) is 0 Å². The van der Waals surface area contributed by atoms with Gasteiger partial charge in [-0.05, 0) is 12.8 Å². The van der Waals surface area contributed by atoms with Crippen LogP contribution < -0.4 is 5.32 Å². The van der Waals surface area contributed by atoms with Crippen molar-refractivity contribution in [3.05, 3.63) is 0 Å². The zero-order chi connectivity index (χ0) is 8.43. The third kappa shape index (κ3) is 2.65. The Hall–Kier alpha value is 0.270. The molecule has 3 heteroatoms. The second-order valence-corrected chi connectivity index (χ2v) is 4.36. The first-order chi connectivity index (χ1) is 5.09. The second kappa shape index (κ2) is 3.78. The number of hydrogen-bond acceptors (Lipinski definition) is 3. The van der Waals surface area contributed by atoms with Gasteiger partial charge in [0.2, 0.25) is 0 Å². The molecule has 1 rings (SSSR count). The van der Waals surface area contributed by atoms with E-state index in [0.29, 0.717) is 18.0 Å². The number of nitrogens with one attached hydrogen (secondary N) is 1. The van der Waals surface area contributed by atoms with Gasteiger partial charge in [-0.15, -0.1) is 0 Å². The number of rotatable bonds is 1. The van der Waals surface area contributed by atoms with E-state index in [-0.39, 0.29) is 0 Å². The maximum absolute atomic E-state index is 4.37. The molecule has 0 aromatic rings. The Kier molecular flexibility index (Phi) is 3.22. The molecule has 0 aromatic heterocycles. The molecular formula is C8H18N2S. The van der Waals surface area contributed by atoms with Crippen LogP contribution in [0.4, 0.5) is 0 Å². The molecule has 0 bridgehead atoms. The highest BCUT2D eigenvalue weighted by Gasteiger charge is 2.23. The zero-order valence-corrected chi connectivity index (χ0v) is 8.44. The van der Waals surface area contributed by atoms with Crippen molar-refractivity contribution in [1.29, 1.82) is 0 Å².